The van der Waals surface area contributed by atoms with Crippen molar-refractivity contribution in [3.05, 3.63) is 54.6 Å². The van der Waals surface area contributed by atoms with Crippen LogP contribution in [0, 0.1) is 0 Å². The fraction of sp³-hybridized carbons (Fsp3) is 0.250. The fourth-order valence-electron chi connectivity index (χ4n) is 2.10. The Hall–Kier alpha value is -1.30. The quantitative estimate of drug-likeness (QED) is 0.858. The van der Waals surface area contributed by atoms with Crippen LogP contribution in [0.4, 0.5) is 0 Å². The van der Waals surface area contributed by atoms with Crippen molar-refractivity contribution < 1.29 is 8.42 Å². The molecule has 0 heterocycles. The number of nitrogens with zero attached hydrogens (tertiary/aromatic N) is 1. The van der Waals surface area contributed by atoms with Crippen LogP contribution in [0.5, 0.6) is 0 Å². The predicted octanol–water partition coefficient (Wildman–Crippen LogP) is 3.29. The van der Waals surface area contributed by atoms with Crippen molar-refractivity contribution in [1.29, 1.82) is 0 Å². The molecule has 0 aliphatic carbocycles. The first-order valence-electron chi connectivity index (χ1n) is 6.71. The minimum Gasteiger partial charge on any atom is -0.207 e. The molecular weight excluding hydrogens is 302 g/mol. The minimum atomic E-state index is -3.45. The summed E-state index contributed by atoms with van der Waals surface area (Å²) in [7, 11) is -1.87. The van der Waals surface area contributed by atoms with Crippen molar-refractivity contribution in [2.45, 2.75) is 17.1 Å². The van der Waals surface area contributed by atoms with E-state index in [0.29, 0.717) is 11.4 Å². The third-order valence-corrected chi connectivity index (χ3v) is 5.19. The van der Waals surface area contributed by atoms with Crippen LogP contribution in [-0.2, 0) is 10.0 Å². The lowest BCUT2D eigenvalue weighted by Crippen LogP contribution is -2.31. The zero-order valence-electron chi connectivity index (χ0n) is 12.1. The van der Waals surface area contributed by atoms with Gasteiger partial charge in [-0.25, -0.2) is 8.42 Å². The largest absolute Gasteiger partial charge is 0.242 e. The number of rotatable bonds is 5. The maximum Gasteiger partial charge on any atom is 0.242 e. The van der Waals surface area contributed by atoms with Crippen molar-refractivity contribution >= 4 is 22.7 Å². The Morgan fingerprint density at radius 2 is 1.52 bits per heavy atom. The molecular formula is C16H19NO2S2. The van der Waals surface area contributed by atoms with E-state index in [1.165, 1.54) is 4.31 Å². The van der Waals surface area contributed by atoms with E-state index in [1.54, 1.807) is 19.2 Å². The topological polar surface area (TPSA) is 37.4 Å². The van der Waals surface area contributed by atoms with E-state index in [1.807, 2.05) is 49.4 Å². The van der Waals surface area contributed by atoms with Crippen LogP contribution in [0.25, 0.3) is 11.1 Å². The van der Waals surface area contributed by atoms with Gasteiger partial charge >= 0.3 is 0 Å². The fourth-order valence-corrected chi connectivity index (χ4v) is 3.72. The molecule has 0 aliphatic heterocycles. The molecule has 0 N–H and O–H groups in total. The van der Waals surface area contributed by atoms with Gasteiger partial charge in [0.15, 0.2) is 0 Å². The second-order valence-corrected chi connectivity index (χ2v) is 7.95. The van der Waals surface area contributed by atoms with Crippen LogP contribution < -0.4 is 0 Å². The number of hydrogen-bond acceptors (Lipinski definition) is 3. The summed E-state index contributed by atoms with van der Waals surface area (Å²) in [5, 5.41) is -0.00614. The molecule has 1 atom stereocenters. The van der Waals surface area contributed by atoms with Gasteiger partial charge in [0.25, 0.3) is 0 Å². The van der Waals surface area contributed by atoms with Crippen LogP contribution in [-0.4, -0.2) is 31.6 Å². The highest BCUT2D eigenvalue weighted by atomic mass is 32.2. The first-order valence-corrected chi connectivity index (χ1v) is 8.67. The summed E-state index contributed by atoms with van der Waals surface area (Å²) in [5.41, 5.74) is 2.07. The van der Waals surface area contributed by atoms with Crippen LogP contribution in [0.3, 0.4) is 0 Å². The molecule has 0 amide bonds. The molecule has 112 valence electrons. The van der Waals surface area contributed by atoms with Gasteiger partial charge in [-0.05, 0) is 23.3 Å². The van der Waals surface area contributed by atoms with E-state index in [2.05, 4.69) is 12.6 Å². The number of sulfonamides is 1. The molecule has 3 nitrogen and oxygen atoms in total. The molecule has 0 radical (unpaired) electrons. The molecule has 0 aliphatic rings. The van der Waals surface area contributed by atoms with Gasteiger partial charge in [0.1, 0.15) is 0 Å². The lowest BCUT2D eigenvalue weighted by molar-refractivity contribution is 0.472. The van der Waals surface area contributed by atoms with Crippen LogP contribution in [0.15, 0.2) is 59.5 Å². The van der Waals surface area contributed by atoms with Gasteiger partial charge in [0.05, 0.1) is 4.90 Å². The maximum absolute atomic E-state index is 12.4. The van der Waals surface area contributed by atoms with E-state index in [0.717, 1.165) is 11.1 Å². The third kappa shape index (κ3) is 3.87. The highest BCUT2D eigenvalue weighted by Gasteiger charge is 2.21. The smallest absolute Gasteiger partial charge is 0.207 e. The highest BCUT2D eigenvalue weighted by molar-refractivity contribution is 7.89. The van der Waals surface area contributed by atoms with Gasteiger partial charge < -0.3 is 0 Å². The molecule has 2 aromatic carbocycles. The van der Waals surface area contributed by atoms with E-state index in [-0.39, 0.29) is 5.25 Å². The molecule has 1 unspecified atom stereocenters. The Labute approximate surface area is 132 Å². The van der Waals surface area contributed by atoms with E-state index < -0.39 is 10.0 Å². The summed E-state index contributed by atoms with van der Waals surface area (Å²) in [6, 6.07) is 16.8. The van der Waals surface area contributed by atoms with Gasteiger partial charge in [-0.15, -0.1) is 0 Å². The molecule has 2 rings (SSSR count). The Kier molecular flexibility index (Phi) is 5.08. The van der Waals surface area contributed by atoms with Crippen LogP contribution in [0.2, 0.25) is 0 Å². The monoisotopic (exact) mass is 321 g/mol. The SMILES string of the molecule is CC(S)CN(C)S(=O)(=O)c1ccc(-c2ccccc2)cc1. The zero-order chi connectivity index (χ0) is 15.5. The second kappa shape index (κ2) is 6.64. The molecule has 5 heteroatoms. The van der Waals surface area contributed by atoms with Gasteiger partial charge in [-0.2, -0.15) is 16.9 Å². The summed E-state index contributed by atoms with van der Waals surface area (Å²) in [5.74, 6) is 0. The predicted molar refractivity (Wildman–Crippen MR) is 90.1 cm³/mol. The Morgan fingerprint density at radius 3 is 2.05 bits per heavy atom. The van der Waals surface area contributed by atoms with Crippen LogP contribution in [0.1, 0.15) is 6.92 Å². The normalized spacial score (nSPS) is 13.3. The van der Waals surface area contributed by atoms with Gasteiger partial charge in [-0.1, -0.05) is 49.4 Å². The van der Waals surface area contributed by atoms with Gasteiger partial charge in [-0.3, -0.25) is 0 Å². The summed E-state index contributed by atoms with van der Waals surface area (Å²) in [6.07, 6.45) is 0. The van der Waals surface area contributed by atoms with Crippen molar-refractivity contribution in [3.63, 3.8) is 0 Å². The van der Waals surface area contributed by atoms with E-state index in [9.17, 15) is 8.42 Å². The summed E-state index contributed by atoms with van der Waals surface area (Å²) < 4.78 is 26.2. The first kappa shape index (κ1) is 16.1. The Bertz CT molecular complexity index is 680. The molecule has 0 aromatic heterocycles. The van der Waals surface area contributed by atoms with E-state index in [4.69, 9.17) is 0 Å². The second-order valence-electron chi connectivity index (χ2n) is 5.02. The molecule has 0 spiro atoms. The lowest BCUT2D eigenvalue weighted by Gasteiger charge is -2.19. The first-order chi connectivity index (χ1) is 9.91. The lowest BCUT2D eigenvalue weighted by atomic mass is 10.1. The summed E-state index contributed by atoms with van der Waals surface area (Å²) in [6.45, 7) is 2.25. The van der Waals surface area contributed by atoms with Crippen molar-refractivity contribution in [3.8, 4) is 11.1 Å². The standard InChI is InChI=1S/C16H19NO2S2/c1-13(20)12-17(2)21(18,19)16-10-8-15(9-11-16)14-6-4-3-5-7-14/h3-11,13,20H,12H2,1-2H3. The third-order valence-electron chi connectivity index (χ3n) is 3.19. The summed E-state index contributed by atoms with van der Waals surface area (Å²) >= 11 is 4.24. The van der Waals surface area contributed by atoms with Gasteiger partial charge in [0.2, 0.25) is 10.0 Å². The Morgan fingerprint density at radius 1 is 1.00 bits per heavy atom. The molecule has 0 fully saturated rings. The van der Waals surface area contributed by atoms with Crippen LogP contribution >= 0.6 is 12.6 Å². The molecule has 0 saturated heterocycles. The molecule has 0 bridgehead atoms. The van der Waals surface area contributed by atoms with Gasteiger partial charge in [0, 0.05) is 18.8 Å². The average molecular weight is 321 g/mol. The van der Waals surface area contributed by atoms with Crippen molar-refractivity contribution in [2.75, 3.05) is 13.6 Å². The minimum absolute atomic E-state index is 0.00614. The number of thiol groups is 1. The zero-order valence-corrected chi connectivity index (χ0v) is 13.8. The average Bonchev–Trinajstić information content (AvgIpc) is 2.47. The molecule has 21 heavy (non-hydrogen) atoms. The number of hydrogen-bond donors (Lipinski definition) is 1. The van der Waals surface area contributed by atoms with Crippen molar-refractivity contribution in [2.24, 2.45) is 0 Å². The van der Waals surface area contributed by atoms with Crippen molar-refractivity contribution in [1.82, 2.24) is 4.31 Å². The highest BCUT2D eigenvalue weighted by Crippen LogP contribution is 2.22. The summed E-state index contributed by atoms with van der Waals surface area (Å²) in [4.78, 5) is 0.304. The maximum atomic E-state index is 12.4. The van der Waals surface area contributed by atoms with E-state index >= 15 is 0 Å². The molecule has 2 aromatic rings. The molecule has 0 saturated carbocycles. The number of benzene rings is 2. The Balaban J connectivity index is 2.27.